The molecule has 1 saturated heterocycles. The van der Waals surface area contributed by atoms with Crippen molar-refractivity contribution in [2.75, 3.05) is 46.3 Å². The lowest BCUT2D eigenvalue weighted by Crippen LogP contribution is -2.45. The van der Waals surface area contributed by atoms with Gasteiger partial charge in [0.25, 0.3) is 0 Å². The molecule has 2 aromatic carbocycles. The zero-order valence-corrected chi connectivity index (χ0v) is 16.6. The van der Waals surface area contributed by atoms with E-state index >= 15 is 0 Å². The van der Waals surface area contributed by atoms with Gasteiger partial charge in [0.1, 0.15) is 5.82 Å². The SMILES string of the molecule is CN1CCN(CCCNC(=O)C[C@H](c2ccccc2)c2ccc(F)cc2)CC1. The number of carbonyl (C=O) groups excluding carboxylic acids is 1. The molecule has 0 saturated carbocycles. The Kier molecular flexibility index (Phi) is 7.57. The van der Waals surface area contributed by atoms with E-state index in [4.69, 9.17) is 0 Å². The summed E-state index contributed by atoms with van der Waals surface area (Å²) < 4.78 is 13.3. The van der Waals surface area contributed by atoms with Crippen molar-refractivity contribution >= 4 is 5.91 Å². The van der Waals surface area contributed by atoms with Gasteiger partial charge in [0.2, 0.25) is 5.91 Å². The van der Waals surface area contributed by atoms with Gasteiger partial charge in [-0.3, -0.25) is 4.79 Å². The molecule has 0 bridgehead atoms. The summed E-state index contributed by atoms with van der Waals surface area (Å²) in [5, 5.41) is 3.06. The summed E-state index contributed by atoms with van der Waals surface area (Å²) in [5.74, 6) is -0.292. The molecule has 0 spiro atoms. The number of hydrogen-bond acceptors (Lipinski definition) is 3. The van der Waals surface area contributed by atoms with Gasteiger partial charge in [-0.05, 0) is 43.3 Å². The molecular formula is C23H30FN3O. The first-order chi connectivity index (χ1) is 13.6. The molecule has 150 valence electrons. The molecule has 0 aliphatic carbocycles. The Balaban J connectivity index is 1.51. The lowest BCUT2D eigenvalue weighted by atomic mass is 9.88. The maximum absolute atomic E-state index is 13.3. The number of piperazine rings is 1. The highest BCUT2D eigenvalue weighted by Crippen LogP contribution is 2.28. The minimum Gasteiger partial charge on any atom is -0.356 e. The molecule has 1 aliphatic rings. The second-order valence-corrected chi connectivity index (χ2v) is 7.57. The van der Waals surface area contributed by atoms with Crippen LogP contribution in [0.5, 0.6) is 0 Å². The van der Waals surface area contributed by atoms with Gasteiger partial charge in [-0.15, -0.1) is 0 Å². The van der Waals surface area contributed by atoms with Gasteiger partial charge in [0, 0.05) is 45.1 Å². The number of nitrogens with zero attached hydrogens (tertiary/aromatic N) is 2. The Labute approximate surface area is 167 Å². The summed E-state index contributed by atoms with van der Waals surface area (Å²) in [7, 11) is 2.15. The first-order valence-electron chi connectivity index (χ1n) is 10.1. The molecule has 1 atom stereocenters. The van der Waals surface area contributed by atoms with Crippen LogP contribution in [0, 0.1) is 5.82 Å². The fourth-order valence-electron chi connectivity index (χ4n) is 3.67. The minimum absolute atomic E-state index is 0.0385. The lowest BCUT2D eigenvalue weighted by Gasteiger charge is -2.32. The average Bonchev–Trinajstić information content (AvgIpc) is 2.72. The monoisotopic (exact) mass is 383 g/mol. The summed E-state index contributed by atoms with van der Waals surface area (Å²) >= 11 is 0. The molecule has 1 heterocycles. The molecule has 3 rings (SSSR count). The van der Waals surface area contributed by atoms with Crippen molar-refractivity contribution in [3.05, 3.63) is 71.5 Å². The second-order valence-electron chi connectivity index (χ2n) is 7.57. The molecule has 1 amide bonds. The third-order valence-corrected chi connectivity index (χ3v) is 5.43. The number of rotatable bonds is 8. The Morgan fingerprint density at radius 2 is 1.64 bits per heavy atom. The van der Waals surface area contributed by atoms with E-state index in [0.717, 1.165) is 50.3 Å². The second kappa shape index (κ2) is 10.3. The summed E-state index contributed by atoms with van der Waals surface area (Å²) in [5.41, 5.74) is 2.03. The molecule has 0 unspecified atom stereocenters. The molecule has 1 aliphatic heterocycles. The predicted octanol–water partition coefficient (Wildman–Crippen LogP) is 3.10. The summed E-state index contributed by atoms with van der Waals surface area (Å²) in [6, 6.07) is 16.4. The van der Waals surface area contributed by atoms with Crippen molar-refractivity contribution < 1.29 is 9.18 Å². The molecule has 0 aromatic heterocycles. The largest absolute Gasteiger partial charge is 0.356 e. The Morgan fingerprint density at radius 3 is 2.32 bits per heavy atom. The van der Waals surface area contributed by atoms with E-state index in [1.165, 1.54) is 12.1 Å². The zero-order chi connectivity index (χ0) is 19.8. The number of hydrogen-bond donors (Lipinski definition) is 1. The zero-order valence-electron chi connectivity index (χ0n) is 16.6. The van der Waals surface area contributed by atoms with Gasteiger partial charge < -0.3 is 15.1 Å². The highest BCUT2D eigenvalue weighted by Gasteiger charge is 2.18. The van der Waals surface area contributed by atoms with E-state index < -0.39 is 0 Å². The lowest BCUT2D eigenvalue weighted by molar-refractivity contribution is -0.121. The van der Waals surface area contributed by atoms with Crippen molar-refractivity contribution in [2.45, 2.75) is 18.8 Å². The van der Waals surface area contributed by atoms with Crippen LogP contribution in [-0.4, -0.2) is 62.0 Å². The maximum Gasteiger partial charge on any atom is 0.220 e. The standard InChI is InChI=1S/C23H30FN3O/c1-26-14-16-27(17-15-26)13-5-12-25-23(28)18-22(19-6-3-2-4-7-19)20-8-10-21(24)11-9-20/h2-4,6-11,22H,5,12-18H2,1H3,(H,25,28)/t22-/m1/s1. The highest BCUT2D eigenvalue weighted by molar-refractivity contribution is 5.77. The van der Waals surface area contributed by atoms with E-state index in [2.05, 4.69) is 22.2 Å². The van der Waals surface area contributed by atoms with Crippen molar-refractivity contribution in [1.82, 2.24) is 15.1 Å². The van der Waals surface area contributed by atoms with Gasteiger partial charge >= 0.3 is 0 Å². The van der Waals surface area contributed by atoms with E-state index in [1.54, 1.807) is 12.1 Å². The molecule has 5 heteroatoms. The number of halogens is 1. The van der Waals surface area contributed by atoms with Crippen LogP contribution in [-0.2, 0) is 4.79 Å². The topological polar surface area (TPSA) is 35.6 Å². The molecule has 2 aromatic rings. The minimum atomic E-state index is -0.260. The quantitative estimate of drug-likeness (QED) is 0.712. The van der Waals surface area contributed by atoms with Crippen LogP contribution in [0.4, 0.5) is 4.39 Å². The van der Waals surface area contributed by atoms with Crippen molar-refractivity contribution in [3.63, 3.8) is 0 Å². The van der Waals surface area contributed by atoms with Crippen LogP contribution in [0.25, 0.3) is 0 Å². The molecule has 28 heavy (non-hydrogen) atoms. The van der Waals surface area contributed by atoms with Crippen LogP contribution in [0.2, 0.25) is 0 Å². The first kappa shape index (κ1) is 20.5. The Hall–Kier alpha value is -2.24. The smallest absolute Gasteiger partial charge is 0.220 e. The maximum atomic E-state index is 13.3. The first-order valence-corrected chi connectivity index (χ1v) is 10.1. The van der Waals surface area contributed by atoms with Gasteiger partial charge in [-0.1, -0.05) is 42.5 Å². The molecule has 4 nitrogen and oxygen atoms in total. The van der Waals surface area contributed by atoms with Gasteiger partial charge in [-0.2, -0.15) is 0 Å². The van der Waals surface area contributed by atoms with E-state index in [-0.39, 0.29) is 17.6 Å². The van der Waals surface area contributed by atoms with Crippen LogP contribution < -0.4 is 5.32 Å². The van der Waals surface area contributed by atoms with E-state index in [1.807, 2.05) is 30.3 Å². The Morgan fingerprint density at radius 1 is 1.00 bits per heavy atom. The Bertz CT molecular complexity index is 727. The van der Waals surface area contributed by atoms with Gasteiger partial charge in [0.15, 0.2) is 0 Å². The number of likely N-dealkylation sites (N-methyl/N-ethyl adjacent to an activating group) is 1. The van der Waals surface area contributed by atoms with Crippen molar-refractivity contribution in [1.29, 1.82) is 0 Å². The predicted molar refractivity (Wildman–Crippen MR) is 111 cm³/mol. The molecule has 1 fully saturated rings. The van der Waals surface area contributed by atoms with E-state index in [9.17, 15) is 9.18 Å². The van der Waals surface area contributed by atoms with E-state index in [0.29, 0.717) is 13.0 Å². The number of nitrogens with one attached hydrogen (secondary N) is 1. The number of carbonyl (C=O) groups is 1. The van der Waals surface area contributed by atoms with Crippen molar-refractivity contribution in [3.8, 4) is 0 Å². The van der Waals surface area contributed by atoms with Crippen LogP contribution >= 0.6 is 0 Å². The number of amides is 1. The van der Waals surface area contributed by atoms with Crippen LogP contribution in [0.15, 0.2) is 54.6 Å². The summed E-state index contributed by atoms with van der Waals surface area (Å²) in [4.78, 5) is 17.4. The molecule has 1 N–H and O–H groups in total. The van der Waals surface area contributed by atoms with Gasteiger partial charge in [0.05, 0.1) is 0 Å². The highest BCUT2D eigenvalue weighted by atomic mass is 19.1. The van der Waals surface area contributed by atoms with Crippen molar-refractivity contribution in [2.24, 2.45) is 0 Å². The summed E-state index contributed by atoms with van der Waals surface area (Å²) in [6.07, 6.45) is 1.33. The average molecular weight is 384 g/mol. The van der Waals surface area contributed by atoms with Gasteiger partial charge in [-0.25, -0.2) is 4.39 Å². The molecular weight excluding hydrogens is 353 g/mol. The normalized spacial score (nSPS) is 16.6. The van der Waals surface area contributed by atoms with Crippen LogP contribution in [0.1, 0.15) is 29.9 Å². The van der Waals surface area contributed by atoms with Crippen LogP contribution in [0.3, 0.4) is 0 Å². The third-order valence-electron chi connectivity index (χ3n) is 5.43. The summed E-state index contributed by atoms with van der Waals surface area (Å²) in [6.45, 7) is 6.14. The fraction of sp³-hybridized carbons (Fsp3) is 0.435. The molecule has 0 radical (unpaired) electrons. The third kappa shape index (κ3) is 6.14. The number of benzene rings is 2. The fourth-order valence-corrected chi connectivity index (χ4v) is 3.67.